The van der Waals surface area contributed by atoms with Gasteiger partial charge in [0.25, 0.3) is 0 Å². The van der Waals surface area contributed by atoms with Crippen LogP contribution in [0.2, 0.25) is 0 Å². The van der Waals surface area contributed by atoms with E-state index in [2.05, 4.69) is 10.00 Å². The van der Waals surface area contributed by atoms with Crippen LogP contribution in [0.3, 0.4) is 0 Å². The highest BCUT2D eigenvalue weighted by molar-refractivity contribution is 7.91. The Morgan fingerprint density at radius 1 is 1.37 bits per heavy atom. The maximum Gasteiger partial charge on any atom is 0.151 e. The molecule has 0 aromatic carbocycles. The van der Waals surface area contributed by atoms with E-state index >= 15 is 0 Å². The molecule has 6 nitrogen and oxygen atoms in total. The van der Waals surface area contributed by atoms with E-state index in [9.17, 15) is 8.42 Å². The molecule has 19 heavy (non-hydrogen) atoms. The van der Waals surface area contributed by atoms with Crippen LogP contribution >= 0.6 is 0 Å². The third kappa shape index (κ3) is 3.55. The molecule has 2 heterocycles. The van der Waals surface area contributed by atoms with Gasteiger partial charge in [-0.05, 0) is 19.9 Å². The minimum absolute atomic E-state index is 0.0296. The molecule has 1 fully saturated rings. The highest BCUT2D eigenvalue weighted by Crippen LogP contribution is 2.24. The van der Waals surface area contributed by atoms with Crippen LogP contribution in [-0.4, -0.2) is 53.7 Å². The topological polar surface area (TPSA) is 81.2 Å². The second-order valence-electron chi connectivity index (χ2n) is 5.29. The molecular weight excluding hydrogens is 264 g/mol. The summed E-state index contributed by atoms with van der Waals surface area (Å²) in [7, 11) is -1.02. The lowest BCUT2D eigenvalue weighted by molar-refractivity contribution is 0.190. The first kappa shape index (κ1) is 14.5. The average Bonchev–Trinajstić information content (AvgIpc) is 2.63. The Morgan fingerprint density at radius 2 is 2.11 bits per heavy atom. The van der Waals surface area contributed by atoms with Gasteiger partial charge in [-0.1, -0.05) is 0 Å². The van der Waals surface area contributed by atoms with Gasteiger partial charge in [0.1, 0.15) is 0 Å². The summed E-state index contributed by atoms with van der Waals surface area (Å²) in [6, 6.07) is -0.0352. The van der Waals surface area contributed by atoms with Crippen LogP contribution in [0.4, 0.5) is 0 Å². The SMILES string of the molecule is CC(N)C(c1cnn(C)c1)N1CCCS(=O)(=O)CC1. The van der Waals surface area contributed by atoms with E-state index in [0.717, 1.165) is 12.1 Å². The molecule has 0 radical (unpaired) electrons. The number of sulfone groups is 1. The van der Waals surface area contributed by atoms with Crippen molar-refractivity contribution in [2.24, 2.45) is 12.8 Å². The zero-order chi connectivity index (χ0) is 14.0. The lowest BCUT2D eigenvalue weighted by atomic mass is 10.0. The summed E-state index contributed by atoms with van der Waals surface area (Å²) in [6.07, 6.45) is 4.44. The van der Waals surface area contributed by atoms with Crippen LogP contribution in [0, 0.1) is 0 Å². The average molecular weight is 286 g/mol. The van der Waals surface area contributed by atoms with E-state index < -0.39 is 9.84 Å². The summed E-state index contributed by atoms with van der Waals surface area (Å²) in [6.45, 7) is 3.26. The number of hydrogen-bond acceptors (Lipinski definition) is 5. The summed E-state index contributed by atoms with van der Waals surface area (Å²) in [4.78, 5) is 2.17. The van der Waals surface area contributed by atoms with Crippen LogP contribution in [-0.2, 0) is 16.9 Å². The third-order valence-electron chi connectivity index (χ3n) is 3.55. The zero-order valence-corrected chi connectivity index (χ0v) is 12.3. The predicted octanol–water partition coefficient (Wildman–Crippen LogP) is -0.0711. The molecule has 1 aliphatic heterocycles. The Balaban J connectivity index is 2.20. The number of aromatic nitrogens is 2. The maximum absolute atomic E-state index is 11.7. The number of hydrogen-bond donors (Lipinski definition) is 1. The smallest absolute Gasteiger partial charge is 0.151 e. The van der Waals surface area contributed by atoms with Crippen molar-refractivity contribution in [1.82, 2.24) is 14.7 Å². The van der Waals surface area contributed by atoms with Crippen molar-refractivity contribution < 1.29 is 8.42 Å². The fourth-order valence-corrected chi connectivity index (χ4v) is 3.96. The largest absolute Gasteiger partial charge is 0.326 e. The van der Waals surface area contributed by atoms with E-state index in [0.29, 0.717) is 13.0 Å². The quantitative estimate of drug-likeness (QED) is 0.841. The van der Waals surface area contributed by atoms with E-state index in [1.807, 2.05) is 26.4 Å². The van der Waals surface area contributed by atoms with Gasteiger partial charge < -0.3 is 5.73 Å². The second kappa shape index (κ2) is 5.60. The molecule has 7 heteroatoms. The molecule has 1 aromatic heterocycles. The standard InChI is InChI=1S/C12H22N4O2S/c1-10(13)12(11-8-14-15(2)9-11)16-4-3-6-19(17,18)7-5-16/h8-10,12H,3-7,13H2,1-2H3. The number of nitrogens with zero attached hydrogens (tertiary/aromatic N) is 3. The maximum atomic E-state index is 11.7. The molecule has 1 aliphatic rings. The van der Waals surface area contributed by atoms with Gasteiger partial charge >= 0.3 is 0 Å². The summed E-state index contributed by atoms with van der Waals surface area (Å²) in [5, 5.41) is 4.18. The molecule has 108 valence electrons. The number of rotatable bonds is 3. The molecule has 1 saturated heterocycles. The molecule has 0 amide bonds. The Morgan fingerprint density at radius 3 is 2.68 bits per heavy atom. The lowest BCUT2D eigenvalue weighted by Gasteiger charge is -2.32. The van der Waals surface area contributed by atoms with Crippen LogP contribution in [0.5, 0.6) is 0 Å². The first-order valence-electron chi connectivity index (χ1n) is 6.57. The minimum atomic E-state index is -2.89. The minimum Gasteiger partial charge on any atom is -0.326 e. The normalized spacial score (nSPS) is 23.7. The van der Waals surface area contributed by atoms with Crippen molar-refractivity contribution in [2.45, 2.75) is 25.4 Å². The Bertz CT molecular complexity index is 524. The van der Waals surface area contributed by atoms with Crippen LogP contribution in [0.15, 0.2) is 12.4 Å². The van der Waals surface area contributed by atoms with E-state index in [1.165, 1.54) is 0 Å². The molecule has 2 atom stereocenters. The molecule has 0 bridgehead atoms. The van der Waals surface area contributed by atoms with Gasteiger partial charge in [-0.2, -0.15) is 5.10 Å². The van der Waals surface area contributed by atoms with Crippen molar-refractivity contribution in [1.29, 1.82) is 0 Å². The molecular formula is C12H22N4O2S. The Kier molecular flexibility index (Phi) is 4.27. The van der Waals surface area contributed by atoms with Gasteiger partial charge in [0.15, 0.2) is 9.84 Å². The van der Waals surface area contributed by atoms with Gasteiger partial charge in [-0.25, -0.2) is 8.42 Å². The molecule has 0 spiro atoms. The van der Waals surface area contributed by atoms with Crippen molar-refractivity contribution in [3.63, 3.8) is 0 Å². The fourth-order valence-electron chi connectivity index (χ4n) is 2.68. The summed E-state index contributed by atoms with van der Waals surface area (Å²) in [5.74, 6) is 0.499. The third-order valence-corrected chi connectivity index (χ3v) is 5.26. The summed E-state index contributed by atoms with van der Waals surface area (Å²) in [5.41, 5.74) is 7.15. The predicted molar refractivity (Wildman–Crippen MR) is 74.4 cm³/mol. The van der Waals surface area contributed by atoms with E-state index in [1.54, 1.807) is 4.68 Å². The summed E-state index contributed by atoms with van der Waals surface area (Å²) < 4.78 is 25.1. The van der Waals surface area contributed by atoms with Gasteiger partial charge in [-0.3, -0.25) is 9.58 Å². The van der Waals surface area contributed by atoms with Crippen molar-refractivity contribution in [3.05, 3.63) is 18.0 Å². The van der Waals surface area contributed by atoms with Gasteiger partial charge in [0.05, 0.1) is 23.7 Å². The molecule has 2 N–H and O–H groups in total. The Labute approximate surface area is 114 Å². The van der Waals surface area contributed by atoms with Crippen molar-refractivity contribution in [2.75, 3.05) is 24.6 Å². The first-order valence-corrected chi connectivity index (χ1v) is 8.40. The highest BCUT2D eigenvalue weighted by atomic mass is 32.2. The van der Waals surface area contributed by atoms with Gasteiger partial charge in [-0.15, -0.1) is 0 Å². The molecule has 0 saturated carbocycles. The molecule has 2 rings (SSSR count). The number of nitrogens with two attached hydrogens (primary N) is 1. The van der Waals surface area contributed by atoms with Gasteiger partial charge in [0, 0.05) is 31.4 Å². The summed E-state index contributed by atoms with van der Waals surface area (Å²) >= 11 is 0. The van der Waals surface area contributed by atoms with E-state index in [4.69, 9.17) is 5.73 Å². The van der Waals surface area contributed by atoms with Gasteiger partial charge in [0.2, 0.25) is 0 Å². The van der Waals surface area contributed by atoms with Crippen LogP contribution in [0.25, 0.3) is 0 Å². The van der Waals surface area contributed by atoms with E-state index in [-0.39, 0.29) is 23.6 Å². The Hall–Kier alpha value is -0.920. The second-order valence-corrected chi connectivity index (χ2v) is 7.60. The van der Waals surface area contributed by atoms with Crippen molar-refractivity contribution in [3.8, 4) is 0 Å². The van der Waals surface area contributed by atoms with Crippen LogP contribution in [0.1, 0.15) is 24.9 Å². The monoisotopic (exact) mass is 286 g/mol. The highest BCUT2D eigenvalue weighted by Gasteiger charge is 2.28. The van der Waals surface area contributed by atoms with Crippen LogP contribution < -0.4 is 5.73 Å². The lowest BCUT2D eigenvalue weighted by Crippen LogP contribution is -2.40. The molecule has 0 aliphatic carbocycles. The molecule has 1 aromatic rings. The number of aryl methyl sites for hydroxylation is 1. The van der Waals surface area contributed by atoms with Crippen molar-refractivity contribution >= 4 is 9.84 Å². The fraction of sp³-hybridized carbons (Fsp3) is 0.750. The zero-order valence-electron chi connectivity index (χ0n) is 11.5. The molecule has 2 unspecified atom stereocenters. The first-order chi connectivity index (χ1) is 8.89.